The summed E-state index contributed by atoms with van der Waals surface area (Å²) in [5.41, 5.74) is 0.845. The maximum atomic E-state index is 12.9. The normalized spacial score (nSPS) is 18.6. The first kappa shape index (κ1) is 17.9. The molecular weight excluding hydrogens is 330 g/mol. The second kappa shape index (κ2) is 7.56. The van der Waals surface area contributed by atoms with Crippen LogP contribution < -0.4 is 14.8 Å². The van der Waals surface area contributed by atoms with Gasteiger partial charge in [0, 0.05) is 18.5 Å². The van der Waals surface area contributed by atoms with Gasteiger partial charge in [-0.05, 0) is 49.5 Å². The van der Waals surface area contributed by atoms with Crippen molar-refractivity contribution in [2.75, 3.05) is 20.2 Å². The summed E-state index contributed by atoms with van der Waals surface area (Å²) in [4.78, 5) is 14.8. The summed E-state index contributed by atoms with van der Waals surface area (Å²) >= 11 is 0. The molecule has 1 N–H and O–H groups in total. The molecule has 1 atom stereocenters. The lowest BCUT2D eigenvalue weighted by atomic mass is 9.87. The smallest absolute Gasteiger partial charge is 0.387 e. The number of carbonyl (C=O) groups is 1. The van der Waals surface area contributed by atoms with Gasteiger partial charge in [0.2, 0.25) is 5.91 Å². The van der Waals surface area contributed by atoms with Gasteiger partial charge in [-0.1, -0.05) is 13.0 Å². The lowest BCUT2D eigenvalue weighted by Gasteiger charge is -2.35. The van der Waals surface area contributed by atoms with E-state index >= 15 is 0 Å². The number of benzene rings is 1. The van der Waals surface area contributed by atoms with Gasteiger partial charge in [0.25, 0.3) is 0 Å². The Morgan fingerprint density at radius 2 is 2.04 bits per heavy atom. The number of halogens is 2. The molecule has 1 aliphatic carbocycles. The third-order valence-electron chi connectivity index (χ3n) is 4.98. The van der Waals surface area contributed by atoms with E-state index in [1.165, 1.54) is 13.2 Å². The van der Waals surface area contributed by atoms with Crippen LogP contribution in [0.25, 0.3) is 0 Å². The summed E-state index contributed by atoms with van der Waals surface area (Å²) in [6, 6.07) is 5.12. The molecule has 1 unspecified atom stereocenters. The van der Waals surface area contributed by atoms with Crippen molar-refractivity contribution >= 4 is 5.91 Å². The first-order valence-electron chi connectivity index (χ1n) is 8.62. The number of nitrogens with one attached hydrogen (secondary N) is 1. The van der Waals surface area contributed by atoms with Gasteiger partial charge in [0.1, 0.15) is 0 Å². The maximum absolute atomic E-state index is 12.9. The molecule has 3 rings (SSSR count). The minimum atomic E-state index is -2.90. The fourth-order valence-electron chi connectivity index (χ4n) is 3.10. The zero-order chi connectivity index (χ0) is 18.0. The lowest BCUT2D eigenvalue weighted by Crippen LogP contribution is -2.50. The molecule has 1 amide bonds. The number of amides is 1. The first-order chi connectivity index (χ1) is 12.0. The summed E-state index contributed by atoms with van der Waals surface area (Å²) in [5.74, 6) is 0.799. The van der Waals surface area contributed by atoms with Crippen molar-refractivity contribution in [3.63, 3.8) is 0 Å². The minimum absolute atomic E-state index is 0.000501. The van der Waals surface area contributed by atoms with Crippen LogP contribution in [0.4, 0.5) is 8.78 Å². The second-order valence-corrected chi connectivity index (χ2v) is 6.77. The van der Waals surface area contributed by atoms with Crippen LogP contribution in [-0.2, 0) is 11.3 Å². The molecule has 1 saturated carbocycles. The lowest BCUT2D eigenvalue weighted by molar-refractivity contribution is -0.138. The highest BCUT2D eigenvalue weighted by Crippen LogP contribution is 2.34. The number of ether oxygens (including phenoxy) is 2. The molecule has 0 spiro atoms. The Morgan fingerprint density at radius 3 is 2.56 bits per heavy atom. The molecule has 7 heteroatoms. The highest BCUT2D eigenvalue weighted by molar-refractivity contribution is 5.79. The van der Waals surface area contributed by atoms with E-state index in [1.54, 1.807) is 12.1 Å². The Morgan fingerprint density at radius 1 is 1.32 bits per heavy atom. The summed E-state index contributed by atoms with van der Waals surface area (Å²) < 4.78 is 34.5. The number of hydrogen-bond acceptors (Lipinski definition) is 4. The molecule has 1 aromatic rings. The fraction of sp³-hybridized carbons (Fsp3) is 0.611. The number of hydrogen-bond donors (Lipinski definition) is 1. The van der Waals surface area contributed by atoms with Crippen molar-refractivity contribution < 1.29 is 23.0 Å². The molecule has 5 nitrogen and oxygen atoms in total. The maximum Gasteiger partial charge on any atom is 0.387 e. The number of alkyl halides is 2. The first-order valence-corrected chi connectivity index (χ1v) is 8.62. The van der Waals surface area contributed by atoms with Crippen LogP contribution in [-0.4, -0.2) is 43.7 Å². The Hall–Kier alpha value is -1.89. The van der Waals surface area contributed by atoms with Crippen LogP contribution in [0.2, 0.25) is 0 Å². The Labute approximate surface area is 146 Å². The molecular formula is C18H24F2N2O3. The largest absolute Gasteiger partial charge is 0.493 e. The molecule has 25 heavy (non-hydrogen) atoms. The van der Waals surface area contributed by atoms with Gasteiger partial charge in [-0.2, -0.15) is 8.78 Å². The topological polar surface area (TPSA) is 50.8 Å². The van der Waals surface area contributed by atoms with Crippen LogP contribution in [0, 0.1) is 11.8 Å². The monoisotopic (exact) mass is 354 g/mol. The van der Waals surface area contributed by atoms with E-state index in [0.717, 1.165) is 31.5 Å². The van der Waals surface area contributed by atoms with E-state index in [9.17, 15) is 13.6 Å². The van der Waals surface area contributed by atoms with Crippen LogP contribution >= 0.6 is 0 Å². The number of nitrogens with zero attached hydrogens (tertiary/aromatic N) is 1. The molecule has 0 radical (unpaired) electrons. The van der Waals surface area contributed by atoms with Crippen LogP contribution in [0.5, 0.6) is 11.5 Å². The van der Waals surface area contributed by atoms with E-state index in [1.807, 2.05) is 11.8 Å². The van der Waals surface area contributed by atoms with Gasteiger partial charge in [-0.3, -0.25) is 4.79 Å². The van der Waals surface area contributed by atoms with Gasteiger partial charge in [-0.25, -0.2) is 0 Å². The van der Waals surface area contributed by atoms with Crippen molar-refractivity contribution in [2.24, 2.45) is 11.8 Å². The van der Waals surface area contributed by atoms with Gasteiger partial charge < -0.3 is 19.7 Å². The number of methoxy groups -OCH3 is 1. The molecule has 1 aromatic carbocycles. The van der Waals surface area contributed by atoms with E-state index in [2.05, 4.69) is 10.1 Å². The van der Waals surface area contributed by atoms with Crippen LogP contribution in [0.15, 0.2) is 18.2 Å². The zero-order valence-electron chi connectivity index (χ0n) is 14.5. The van der Waals surface area contributed by atoms with Crippen molar-refractivity contribution in [2.45, 2.75) is 39.0 Å². The van der Waals surface area contributed by atoms with Crippen LogP contribution in [0.1, 0.15) is 25.3 Å². The molecule has 0 bridgehead atoms. The summed E-state index contributed by atoms with van der Waals surface area (Å²) in [6.07, 6.45) is 2.04. The highest BCUT2D eigenvalue weighted by atomic mass is 19.3. The molecule has 2 aliphatic rings. The molecule has 1 heterocycles. The SMILES string of the molecule is COc1cc(CN(C(=O)C(C)C2CNC2)C2CC2)ccc1OC(F)F. The summed E-state index contributed by atoms with van der Waals surface area (Å²) in [5, 5.41) is 3.20. The standard InChI is InChI=1S/C18H24F2N2O3/c1-11(13-8-21-9-13)17(23)22(14-4-5-14)10-12-3-6-15(25-18(19)20)16(7-12)24-2/h3,6-7,11,13-14,18,21H,4-5,8-10H2,1-2H3. The third-order valence-corrected chi connectivity index (χ3v) is 4.98. The van der Waals surface area contributed by atoms with Crippen molar-refractivity contribution in [1.82, 2.24) is 10.2 Å². The Bertz CT molecular complexity index is 618. The minimum Gasteiger partial charge on any atom is -0.493 e. The highest BCUT2D eigenvalue weighted by Gasteiger charge is 2.38. The average Bonchev–Trinajstić information content (AvgIpc) is 3.35. The van der Waals surface area contributed by atoms with Gasteiger partial charge in [-0.15, -0.1) is 0 Å². The van der Waals surface area contributed by atoms with Gasteiger partial charge in [0.15, 0.2) is 11.5 Å². The number of rotatable bonds is 8. The molecule has 2 fully saturated rings. The average molecular weight is 354 g/mol. The quantitative estimate of drug-likeness (QED) is 0.780. The van der Waals surface area contributed by atoms with Gasteiger partial charge >= 0.3 is 6.61 Å². The summed E-state index contributed by atoms with van der Waals surface area (Å²) in [7, 11) is 1.41. The van der Waals surface area contributed by atoms with E-state index in [-0.39, 0.29) is 29.4 Å². The van der Waals surface area contributed by atoms with E-state index < -0.39 is 6.61 Å². The van der Waals surface area contributed by atoms with E-state index in [0.29, 0.717) is 12.5 Å². The van der Waals surface area contributed by atoms with E-state index in [4.69, 9.17) is 4.74 Å². The zero-order valence-corrected chi connectivity index (χ0v) is 14.5. The predicted octanol–water partition coefficient (Wildman–Crippen LogP) is 2.64. The molecule has 0 aromatic heterocycles. The van der Waals surface area contributed by atoms with Crippen molar-refractivity contribution in [3.8, 4) is 11.5 Å². The molecule has 138 valence electrons. The van der Waals surface area contributed by atoms with Gasteiger partial charge in [0.05, 0.1) is 7.11 Å². The number of carbonyl (C=O) groups excluding carboxylic acids is 1. The van der Waals surface area contributed by atoms with Crippen molar-refractivity contribution in [3.05, 3.63) is 23.8 Å². The third kappa shape index (κ3) is 4.21. The molecule has 1 aliphatic heterocycles. The molecule has 1 saturated heterocycles. The van der Waals surface area contributed by atoms with Crippen LogP contribution in [0.3, 0.4) is 0 Å². The fourth-order valence-corrected chi connectivity index (χ4v) is 3.10. The van der Waals surface area contributed by atoms with Crippen molar-refractivity contribution in [1.29, 1.82) is 0 Å². The second-order valence-electron chi connectivity index (χ2n) is 6.77. The predicted molar refractivity (Wildman–Crippen MR) is 88.7 cm³/mol. The Balaban J connectivity index is 1.72. The summed E-state index contributed by atoms with van der Waals surface area (Å²) in [6.45, 7) is 1.32. The Kier molecular flexibility index (Phi) is 5.42.